The number of pyridine rings is 1. The molecule has 3 rings (SSSR count). The van der Waals surface area contributed by atoms with Gasteiger partial charge in [0, 0.05) is 28.4 Å². The topological polar surface area (TPSA) is 116 Å². The van der Waals surface area contributed by atoms with Gasteiger partial charge in [-0.15, -0.1) is 11.8 Å². The van der Waals surface area contributed by atoms with E-state index in [1.54, 1.807) is 24.3 Å². The van der Waals surface area contributed by atoms with Crippen molar-refractivity contribution in [2.24, 2.45) is 0 Å². The second kappa shape index (κ2) is 9.99. The summed E-state index contributed by atoms with van der Waals surface area (Å²) in [6, 6.07) is 18.6. The molecule has 31 heavy (non-hydrogen) atoms. The standard InChI is InChI=1S/C23H18ClN5OS/c1-14-5-7-15(8-6-14)21-18(12-25)22(27)29-23(19(21)13-26)31-10-9-20(30)28-17-4-2-3-16(24)11-17/h2-8,11H,9-10H2,1H3,(H2,27,29)(H,28,30). The Morgan fingerprint density at radius 1 is 1.16 bits per heavy atom. The summed E-state index contributed by atoms with van der Waals surface area (Å²) >= 11 is 7.18. The normalized spacial score (nSPS) is 10.2. The van der Waals surface area contributed by atoms with Crippen molar-refractivity contribution in [1.29, 1.82) is 10.5 Å². The first-order valence-corrected chi connectivity index (χ1v) is 10.7. The van der Waals surface area contributed by atoms with Crippen molar-refractivity contribution in [3.8, 4) is 23.3 Å². The van der Waals surface area contributed by atoms with Gasteiger partial charge in [-0.25, -0.2) is 4.98 Å². The van der Waals surface area contributed by atoms with Crippen LogP contribution in [0.3, 0.4) is 0 Å². The Balaban J connectivity index is 1.81. The molecule has 0 unspecified atom stereocenters. The van der Waals surface area contributed by atoms with Gasteiger partial charge in [0.1, 0.15) is 28.5 Å². The van der Waals surface area contributed by atoms with E-state index in [1.165, 1.54) is 11.8 Å². The number of nitrogens with one attached hydrogen (secondary N) is 1. The average molecular weight is 448 g/mol. The smallest absolute Gasteiger partial charge is 0.225 e. The fourth-order valence-electron chi connectivity index (χ4n) is 2.94. The fourth-order valence-corrected chi connectivity index (χ4v) is 4.07. The Morgan fingerprint density at radius 3 is 2.52 bits per heavy atom. The van der Waals surface area contributed by atoms with E-state index in [1.807, 2.05) is 31.2 Å². The zero-order chi connectivity index (χ0) is 22.4. The van der Waals surface area contributed by atoms with Gasteiger partial charge in [0.05, 0.1) is 5.56 Å². The maximum Gasteiger partial charge on any atom is 0.225 e. The van der Waals surface area contributed by atoms with Crippen LogP contribution in [-0.4, -0.2) is 16.6 Å². The summed E-state index contributed by atoms with van der Waals surface area (Å²) in [6.45, 7) is 1.96. The minimum Gasteiger partial charge on any atom is -0.383 e. The van der Waals surface area contributed by atoms with Gasteiger partial charge in [-0.1, -0.05) is 47.5 Å². The molecule has 0 aliphatic heterocycles. The molecule has 1 aromatic heterocycles. The third kappa shape index (κ3) is 5.35. The summed E-state index contributed by atoms with van der Waals surface area (Å²) < 4.78 is 0. The molecule has 1 heterocycles. The minimum atomic E-state index is -0.186. The Labute approximate surface area is 189 Å². The number of thioether (sulfide) groups is 1. The highest BCUT2D eigenvalue weighted by Crippen LogP contribution is 2.35. The van der Waals surface area contributed by atoms with Crippen LogP contribution in [0, 0.1) is 29.6 Å². The zero-order valence-electron chi connectivity index (χ0n) is 16.6. The van der Waals surface area contributed by atoms with Crippen LogP contribution >= 0.6 is 23.4 Å². The van der Waals surface area contributed by atoms with E-state index >= 15 is 0 Å². The molecule has 0 saturated carbocycles. The van der Waals surface area contributed by atoms with E-state index in [4.69, 9.17) is 17.3 Å². The van der Waals surface area contributed by atoms with Crippen molar-refractivity contribution in [2.45, 2.75) is 18.4 Å². The summed E-state index contributed by atoms with van der Waals surface area (Å²) in [5.41, 5.74) is 9.32. The molecule has 3 aromatic rings. The minimum absolute atomic E-state index is 0.0583. The van der Waals surface area contributed by atoms with Gasteiger partial charge in [0.25, 0.3) is 0 Å². The van der Waals surface area contributed by atoms with Crippen LogP contribution in [0.2, 0.25) is 5.02 Å². The first-order chi connectivity index (χ1) is 14.9. The van der Waals surface area contributed by atoms with E-state index in [0.717, 1.165) is 5.56 Å². The molecule has 6 nitrogen and oxygen atoms in total. The number of amides is 1. The highest BCUT2D eigenvalue weighted by molar-refractivity contribution is 7.99. The molecular formula is C23H18ClN5OS. The molecule has 0 spiro atoms. The lowest BCUT2D eigenvalue weighted by Gasteiger charge is -2.13. The number of rotatable bonds is 6. The Bertz CT molecular complexity index is 1210. The van der Waals surface area contributed by atoms with Gasteiger partial charge in [-0.3, -0.25) is 4.79 Å². The zero-order valence-corrected chi connectivity index (χ0v) is 18.2. The Hall–Kier alpha value is -3.52. The Kier molecular flexibility index (Phi) is 7.15. The number of hydrogen-bond donors (Lipinski definition) is 2. The largest absolute Gasteiger partial charge is 0.383 e. The first-order valence-electron chi connectivity index (χ1n) is 9.32. The number of aryl methyl sites for hydroxylation is 1. The number of anilines is 2. The molecule has 2 aromatic carbocycles. The van der Waals surface area contributed by atoms with Crippen LogP contribution < -0.4 is 11.1 Å². The number of nitrogens with zero attached hydrogens (tertiary/aromatic N) is 3. The van der Waals surface area contributed by atoms with E-state index < -0.39 is 0 Å². The molecule has 0 aliphatic carbocycles. The van der Waals surface area contributed by atoms with E-state index in [2.05, 4.69) is 22.4 Å². The van der Waals surface area contributed by atoms with Crippen LogP contribution in [0.25, 0.3) is 11.1 Å². The number of nitrogen functional groups attached to an aromatic ring is 1. The van der Waals surface area contributed by atoms with E-state index in [9.17, 15) is 15.3 Å². The van der Waals surface area contributed by atoms with Crippen molar-refractivity contribution in [2.75, 3.05) is 16.8 Å². The lowest BCUT2D eigenvalue weighted by atomic mass is 9.96. The maximum atomic E-state index is 12.2. The van der Waals surface area contributed by atoms with Gasteiger partial charge in [0.15, 0.2) is 0 Å². The van der Waals surface area contributed by atoms with Crippen molar-refractivity contribution in [1.82, 2.24) is 4.98 Å². The number of hydrogen-bond acceptors (Lipinski definition) is 6. The van der Waals surface area contributed by atoms with Gasteiger partial charge in [-0.05, 0) is 30.7 Å². The molecule has 1 amide bonds. The second-order valence-corrected chi connectivity index (χ2v) is 8.19. The third-order valence-electron chi connectivity index (χ3n) is 4.43. The van der Waals surface area contributed by atoms with Gasteiger partial charge >= 0.3 is 0 Å². The van der Waals surface area contributed by atoms with Crippen LogP contribution in [0.15, 0.2) is 53.6 Å². The molecule has 3 N–H and O–H groups in total. The molecule has 0 saturated heterocycles. The molecule has 8 heteroatoms. The Morgan fingerprint density at radius 2 is 1.87 bits per heavy atom. The predicted molar refractivity (Wildman–Crippen MR) is 124 cm³/mol. The molecule has 0 fully saturated rings. The van der Waals surface area contributed by atoms with Crippen LogP contribution in [0.1, 0.15) is 23.1 Å². The third-order valence-corrected chi connectivity index (χ3v) is 5.64. The maximum absolute atomic E-state index is 12.2. The fraction of sp³-hybridized carbons (Fsp3) is 0.130. The monoisotopic (exact) mass is 447 g/mol. The number of carbonyl (C=O) groups excluding carboxylic acids is 1. The quantitative estimate of drug-likeness (QED) is 0.504. The summed E-state index contributed by atoms with van der Waals surface area (Å²) in [5.74, 6) is 0.254. The van der Waals surface area contributed by atoms with Crippen LogP contribution in [0.5, 0.6) is 0 Å². The van der Waals surface area contributed by atoms with E-state index in [-0.39, 0.29) is 29.3 Å². The molecule has 154 valence electrons. The van der Waals surface area contributed by atoms with E-state index in [0.29, 0.717) is 32.6 Å². The number of benzene rings is 2. The van der Waals surface area contributed by atoms with Crippen LogP contribution in [0.4, 0.5) is 11.5 Å². The van der Waals surface area contributed by atoms with Gasteiger partial charge in [-0.2, -0.15) is 10.5 Å². The summed E-state index contributed by atoms with van der Waals surface area (Å²) in [6.07, 6.45) is 0.198. The SMILES string of the molecule is Cc1ccc(-c2c(C#N)c(N)nc(SCCC(=O)Nc3cccc(Cl)c3)c2C#N)cc1. The number of halogens is 1. The number of aromatic nitrogens is 1. The van der Waals surface area contributed by atoms with Crippen molar-refractivity contribution >= 4 is 40.8 Å². The lowest BCUT2D eigenvalue weighted by Crippen LogP contribution is -2.12. The predicted octanol–water partition coefficient (Wildman–Crippen LogP) is 5.16. The molecule has 0 radical (unpaired) electrons. The molecule has 0 bridgehead atoms. The van der Waals surface area contributed by atoms with Crippen molar-refractivity contribution in [3.63, 3.8) is 0 Å². The number of carbonyl (C=O) groups is 1. The highest BCUT2D eigenvalue weighted by atomic mass is 35.5. The lowest BCUT2D eigenvalue weighted by molar-refractivity contribution is -0.115. The van der Waals surface area contributed by atoms with Gasteiger partial charge < -0.3 is 11.1 Å². The number of nitriles is 2. The second-order valence-electron chi connectivity index (χ2n) is 6.67. The van der Waals surface area contributed by atoms with Crippen molar-refractivity contribution in [3.05, 3.63) is 70.2 Å². The summed E-state index contributed by atoms with van der Waals surface area (Å²) in [7, 11) is 0. The van der Waals surface area contributed by atoms with Crippen molar-refractivity contribution < 1.29 is 4.79 Å². The van der Waals surface area contributed by atoms with Crippen LogP contribution in [-0.2, 0) is 4.79 Å². The summed E-state index contributed by atoms with van der Waals surface area (Å²) in [5, 5.41) is 23.1. The summed E-state index contributed by atoms with van der Waals surface area (Å²) in [4.78, 5) is 16.5. The number of nitrogens with two attached hydrogens (primary N) is 1. The van der Waals surface area contributed by atoms with Gasteiger partial charge in [0.2, 0.25) is 5.91 Å². The molecule has 0 atom stereocenters. The molecule has 0 aliphatic rings. The highest BCUT2D eigenvalue weighted by Gasteiger charge is 2.20. The first kappa shape index (κ1) is 22.2. The molecular weight excluding hydrogens is 430 g/mol. The average Bonchev–Trinajstić information content (AvgIpc) is 2.74.